The molecule has 4 fully saturated rings. The molecule has 4 aliphatic carbocycles. The molecule has 4 nitrogen and oxygen atoms in total. The van der Waals surface area contributed by atoms with Gasteiger partial charge in [0.1, 0.15) is 6.17 Å². The molecule has 184 valence electrons. The van der Waals surface area contributed by atoms with Gasteiger partial charge in [-0.2, -0.15) is 0 Å². The number of carbonyl (C=O) groups excluding carboxylic acids is 1. The molecule has 0 heterocycles. The molecule has 0 spiro atoms. The van der Waals surface area contributed by atoms with Gasteiger partial charge in [-0.1, -0.05) is 34.1 Å². The lowest BCUT2D eigenvalue weighted by molar-refractivity contribution is -0.222. The normalized spacial score (nSPS) is 51.3. The van der Waals surface area contributed by atoms with Crippen LogP contribution >= 0.6 is 0 Å². The first-order valence-electron chi connectivity index (χ1n) is 13.2. The van der Waals surface area contributed by atoms with Crippen molar-refractivity contribution in [3.05, 3.63) is 0 Å². The van der Waals surface area contributed by atoms with Crippen LogP contribution in [0.5, 0.6) is 0 Å². The summed E-state index contributed by atoms with van der Waals surface area (Å²) in [5, 5.41) is 22.0. The van der Waals surface area contributed by atoms with Crippen LogP contribution in [0.25, 0.3) is 0 Å². The van der Waals surface area contributed by atoms with E-state index in [1.54, 1.807) is 0 Å². The third kappa shape index (κ3) is 3.56. The predicted octanol–water partition coefficient (Wildman–Crippen LogP) is 5.15. The summed E-state index contributed by atoms with van der Waals surface area (Å²) in [5.41, 5.74) is 0.0294. The molecule has 4 aliphatic rings. The second-order valence-electron chi connectivity index (χ2n) is 12.3. The van der Waals surface area contributed by atoms with E-state index in [-0.39, 0.29) is 34.6 Å². The van der Waals surface area contributed by atoms with Crippen molar-refractivity contribution in [3.8, 4) is 0 Å². The molecule has 2 N–H and O–H groups in total. The fourth-order valence-electron chi connectivity index (χ4n) is 9.60. The lowest BCUT2D eigenvalue weighted by Gasteiger charge is -2.65. The summed E-state index contributed by atoms with van der Waals surface area (Å²) in [6, 6.07) is 0. The van der Waals surface area contributed by atoms with Crippen molar-refractivity contribution < 1.29 is 24.1 Å². The van der Waals surface area contributed by atoms with E-state index in [1.807, 2.05) is 0 Å². The molecule has 0 radical (unpaired) electrons. The molecule has 12 atom stereocenters. The van der Waals surface area contributed by atoms with Crippen LogP contribution in [0.2, 0.25) is 0 Å². The Bertz CT molecular complexity index is 699. The van der Waals surface area contributed by atoms with Gasteiger partial charge in [-0.15, -0.1) is 0 Å². The minimum atomic E-state index is -1.22. The number of halogens is 1. The first kappa shape index (κ1) is 24.4. The number of methoxy groups -OCH3 is 1. The van der Waals surface area contributed by atoms with Crippen molar-refractivity contribution in [2.45, 2.75) is 104 Å². The Balaban J connectivity index is 1.61. The smallest absolute Gasteiger partial charge is 0.305 e. The zero-order valence-electron chi connectivity index (χ0n) is 20.7. The van der Waals surface area contributed by atoms with E-state index in [1.165, 1.54) is 7.11 Å². The molecule has 0 aromatic heterocycles. The fourth-order valence-corrected chi connectivity index (χ4v) is 9.60. The molecule has 4 saturated carbocycles. The summed E-state index contributed by atoms with van der Waals surface area (Å²) < 4.78 is 20.3. The van der Waals surface area contributed by atoms with Gasteiger partial charge in [-0.05, 0) is 91.3 Å². The van der Waals surface area contributed by atoms with Gasteiger partial charge in [0.2, 0.25) is 0 Å². The van der Waals surface area contributed by atoms with Crippen LogP contribution in [0.15, 0.2) is 0 Å². The summed E-state index contributed by atoms with van der Waals surface area (Å²) >= 11 is 0. The maximum atomic E-state index is 15.4. The molecule has 0 amide bonds. The molecular weight excluding hydrogens is 407 g/mol. The van der Waals surface area contributed by atoms with Crippen LogP contribution in [-0.2, 0) is 9.53 Å². The molecule has 4 rings (SSSR count). The zero-order valence-corrected chi connectivity index (χ0v) is 20.7. The first-order valence-corrected chi connectivity index (χ1v) is 13.2. The topological polar surface area (TPSA) is 66.8 Å². The summed E-state index contributed by atoms with van der Waals surface area (Å²) in [7, 11) is 1.45. The quantitative estimate of drug-likeness (QED) is 0.566. The number of carbonyl (C=O) groups is 1. The maximum Gasteiger partial charge on any atom is 0.305 e. The predicted molar refractivity (Wildman–Crippen MR) is 122 cm³/mol. The van der Waals surface area contributed by atoms with Gasteiger partial charge in [0, 0.05) is 12.3 Å². The minimum Gasteiger partial charge on any atom is -0.469 e. The van der Waals surface area contributed by atoms with Gasteiger partial charge < -0.3 is 14.9 Å². The SMILES string of the molecule is CC[C@@H]1[C@@H]2[C@@H](F)[C@H](O)CC[C@]2(C)C2CC[C@@]3(C)C(CCC3[C@H](C)CCC(=O)OC)C2[C@@H]1O. The van der Waals surface area contributed by atoms with Crippen molar-refractivity contribution in [2.75, 3.05) is 7.11 Å². The Hall–Kier alpha value is -0.680. The van der Waals surface area contributed by atoms with E-state index in [2.05, 4.69) is 27.7 Å². The number of ether oxygens (including phenoxy) is 1. The van der Waals surface area contributed by atoms with Crippen molar-refractivity contribution in [3.63, 3.8) is 0 Å². The van der Waals surface area contributed by atoms with E-state index in [0.717, 1.165) is 44.9 Å². The molecular formula is C27H45FO4. The summed E-state index contributed by atoms with van der Waals surface area (Å²) in [4.78, 5) is 11.7. The minimum absolute atomic E-state index is 0.0793. The standard InChI is InChI=1S/C27H45FO4/c1-6-16-23-24(28)20(29)12-14-27(23,4)19-11-13-26(3)17(15(2)7-10-21(30)32-5)8-9-18(26)22(19)25(16)31/h15-20,22-25,29,31H,6-14H2,1-5H3/t15-,16-,17?,18?,19?,20-,22?,23-,24+,25-,26-,27-/m1/s1. The fraction of sp³-hybridized carbons (Fsp3) is 0.963. The molecule has 0 aromatic rings. The Morgan fingerprint density at radius 1 is 1.09 bits per heavy atom. The van der Waals surface area contributed by atoms with Crippen molar-refractivity contribution in [2.24, 2.45) is 52.3 Å². The maximum absolute atomic E-state index is 15.4. The summed E-state index contributed by atoms with van der Waals surface area (Å²) in [6.07, 6.45) is 5.35. The van der Waals surface area contributed by atoms with Crippen LogP contribution in [-0.4, -0.2) is 41.7 Å². The van der Waals surface area contributed by atoms with Crippen LogP contribution < -0.4 is 0 Å². The van der Waals surface area contributed by atoms with E-state index in [9.17, 15) is 15.0 Å². The van der Waals surface area contributed by atoms with Crippen LogP contribution in [0, 0.1) is 52.3 Å². The van der Waals surface area contributed by atoms with Gasteiger partial charge >= 0.3 is 5.97 Å². The number of fused-ring (bicyclic) bond motifs is 5. The molecule has 0 aromatic carbocycles. The van der Waals surface area contributed by atoms with Crippen molar-refractivity contribution >= 4 is 5.97 Å². The average molecular weight is 453 g/mol. The lowest BCUT2D eigenvalue weighted by Crippen LogP contribution is -2.65. The summed E-state index contributed by atoms with van der Waals surface area (Å²) in [5.74, 6) is 1.56. The number of alkyl halides is 1. The second-order valence-corrected chi connectivity index (χ2v) is 12.3. The molecule has 0 aliphatic heterocycles. The van der Waals surface area contributed by atoms with Gasteiger partial charge in [0.25, 0.3) is 0 Å². The van der Waals surface area contributed by atoms with Gasteiger partial charge in [-0.25, -0.2) is 4.39 Å². The number of aliphatic hydroxyl groups excluding tert-OH is 2. The molecule has 0 bridgehead atoms. The largest absolute Gasteiger partial charge is 0.469 e. The van der Waals surface area contributed by atoms with Gasteiger partial charge in [0.05, 0.1) is 19.3 Å². The van der Waals surface area contributed by atoms with E-state index in [4.69, 9.17) is 4.74 Å². The number of aliphatic hydroxyl groups is 2. The molecule has 5 heteroatoms. The first-order chi connectivity index (χ1) is 15.1. The highest BCUT2D eigenvalue weighted by atomic mass is 19.1. The number of esters is 1. The Labute approximate surface area is 193 Å². The molecule has 4 unspecified atom stereocenters. The molecule has 32 heavy (non-hydrogen) atoms. The van der Waals surface area contributed by atoms with Crippen molar-refractivity contribution in [1.82, 2.24) is 0 Å². The van der Waals surface area contributed by atoms with Gasteiger partial charge in [0.15, 0.2) is 0 Å². The van der Waals surface area contributed by atoms with Crippen LogP contribution in [0.1, 0.15) is 85.5 Å². The third-order valence-corrected chi connectivity index (χ3v) is 11.2. The third-order valence-electron chi connectivity index (χ3n) is 11.2. The number of rotatable bonds is 5. The van der Waals surface area contributed by atoms with Crippen molar-refractivity contribution in [1.29, 1.82) is 0 Å². The van der Waals surface area contributed by atoms with Gasteiger partial charge in [-0.3, -0.25) is 4.79 Å². The highest BCUT2D eigenvalue weighted by Gasteiger charge is 2.66. The van der Waals surface area contributed by atoms with E-state index < -0.39 is 18.4 Å². The Kier molecular flexibility index (Phi) is 6.75. The van der Waals surface area contributed by atoms with E-state index in [0.29, 0.717) is 36.5 Å². The highest BCUT2D eigenvalue weighted by molar-refractivity contribution is 5.69. The number of hydrogen-bond acceptors (Lipinski definition) is 4. The zero-order chi connectivity index (χ0) is 23.4. The average Bonchev–Trinajstić information content (AvgIpc) is 3.13. The summed E-state index contributed by atoms with van der Waals surface area (Å²) in [6.45, 7) is 9.07. The second kappa shape index (κ2) is 8.83. The van der Waals surface area contributed by atoms with Crippen LogP contribution in [0.4, 0.5) is 4.39 Å². The van der Waals surface area contributed by atoms with E-state index >= 15 is 4.39 Å². The lowest BCUT2D eigenvalue weighted by atomic mass is 9.41. The van der Waals surface area contributed by atoms with Crippen LogP contribution in [0.3, 0.4) is 0 Å². The molecule has 0 saturated heterocycles. The number of hydrogen-bond donors (Lipinski definition) is 2. The monoisotopic (exact) mass is 452 g/mol. The Morgan fingerprint density at radius 3 is 2.41 bits per heavy atom. The highest BCUT2D eigenvalue weighted by Crippen LogP contribution is 2.69. The Morgan fingerprint density at radius 2 is 1.75 bits per heavy atom.